The Hall–Kier alpha value is -3.70. The minimum absolute atomic E-state index is 0.293. The number of imidazole rings is 1. The monoisotopic (exact) mass is 516 g/mol. The van der Waals surface area contributed by atoms with Gasteiger partial charge in [0.05, 0.1) is 42.8 Å². The molecule has 0 unspecified atom stereocenters. The van der Waals surface area contributed by atoms with Crippen LogP contribution < -0.4 is 15.8 Å². The molecule has 0 bridgehead atoms. The molecule has 4 aromatic rings. The van der Waals surface area contributed by atoms with Gasteiger partial charge in [-0.2, -0.15) is 5.10 Å². The van der Waals surface area contributed by atoms with Crippen molar-refractivity contribution in [2.75, 3.05) is 51.4 Å². The molecule has 200 valence electrons. The van der Waals surface area contributed by atoms with Gasteiger partial charge >= 0.3 is 0 Å². The van der Waals surface area contributed by atoms with Crippen LogP contribution in [0.5, 0.6) is 5.75 Å². The fourth-order valence-corrected chi connectivity index (χ4v) is 5.86. The number of aromatic amines is 1. The average molecular weight is 517 g/mol. The van der Waals surface area contributed by atoms with E-state index in [0.29, 0.717) is 24.4 Å². The molecule has 3 aromatic heterocycles. The number of benzene rings is 1. The molecule has 1 saturated carbocycles. The first-order valence-electron chi connectivity index (χ1n) is 13.4. The molecule has 2 aliphatic rings. The van der Waals surface area contributed by atoms with Crippen molar-refractivity contribution in [3.05, 3.63) is 42.7 Å². The fraction of sp³-hybridized carbons (Fsp3) is 0.481. The molecule has 0 spiro atoms. The van der Waals surface area contributed by atoms with Crippen molar-refractivity contribution < 1.29 is 4.74 Å². The number of H-pyrrole nitrogens is 1. The predicted molar refractivity (Wildman–Crippen MR) is 148 cm³/mol. The molecule has 11 heteroatoms. The first-order chi connectivity index (χ1) is 18.6. The number of hydrogen-bond donors (Lipinski definition) is 3. The minimum atomic E-state index is 0.293. The number of nitrogens with one attached hydrogen (secondary N) is 2. The Morgan fingerprint density at radius 1 is 1.08 bits per heavy atom. The van der Waals surface area contributed by atoms with E-state index in [0.717, 1.165) is 65.4 Å². The maximum absolute atomic E-state index is 6.40. The van der Waals surface area contributed by atoms with Gasteiger partial charge in [-0.3, -0.25) is 4.90 Å². The quantitative estimate of drug-likeness (QED) is 0.339. The fourth-order valence-electron chi connectivity index (χ4n) is 5.86. The van der Waals surface area contributed by atoms with E-state index in [2.05, 4.69) is 46.8 Å². The largest absolute Gasteiger partial charge is 0.495 e. The van der Waals surface area contributed by atoms with Gasteiger partial charge in [-0.15, -0.1) is 0 Å². The third-order valence-electron chi connectivity index (χ3n) is 8.08. The normalized spacial score (nSPS) is 21.1. The maximum Gasteiger partial charge on any atom is 0.164 e. The number of aromatic nitrogens is 6. The summed E-state index contributed by atoms with van der Waals surface area (Å²) in [7, 11) is 3.89. The molecule has 1 saturated heterocycles. The van der Waals surface area contributed by atoms with Gasteiger partial charge < -0.3 is 25.7 Å². The molecule has 1 aromatic carbocycles. The zero-order valence-corrected chi connectivity index (χ0v) is 22.1. The molecule has 4 N–H and O–H groups in total. The first kappa shape index (κ1) is 24.6. The molecular weight excluding hydrogens is 480 g/mol. The smallest absolute Gasteiger partial charge is 0.164 e. The maximum atomic E-state index is 6.40. The highest BCUT2D eigenvalue weighted by Gasteiger charge is 2.30. The van der Waals surface area contributed by atoms with Crippen LogP contribution in [0.3, 0.4) is 0 Å². The van der Waals surface area contributed by atoms with Crippen LogP contribution in [-0.4, -0.2) is 85.9 Å². The van der Waals surface area contributed by atoms with Crippen LogP contribution in [0.25, 0.3) is 22.3 Å². The number of nitrogens with zero attached hydrogens (tertiary/aromatic N) is 7. The summed E-state index contributed by atoms with van der Waals surface area (Å²) >= 11 is 0. The third-order valence-corrected chi connectivity index (χ3v) is 8.08. The molecule has 0 atom stereocenters. The highest BCUT2D eigenvalue weighted by Crippen LogP contribution is 2.39. The molecule has 2 fully saturated rings. The van der Waals surface area contributed by atoms with Crippen molar-refractivity contribution in [2.45, 2.75) is 44.3 Å². The lowest BCUT2D eigenvalue weighted by molar-refractivity contribution is 0.0815. The van der Waals surface area contributed by atoms with Crippen molar-refractivity contribution in [2.24, 2.45) is 0 Å². The second-order valence-corrected chi connectivity index (χ2v) is 10.4. The first-order valence-corrected chi connectivity index (χ1v) is 13.4. The van der Waals surface area contributed by atoms with Crippen molar-refractivity contribution >= 4 is 22.5 Å². The van der Waals surface area contributed by atoms with Crippen LogP contribution in [0.15, 0.2) is 37.1 Å². The number of ether oxygens (including phenoxy) is 1. The number of rotatable bonds is 7. The summed E-state index contributed by atoms with van der Waals surface area (Å²) in [5, 5.41) is 9.31. The number of hydrogen-bond acceptors (Lipinski definition) is 9. The molecule has 0 amide bonds. The summed E-state index contributed by atoms with van der Waals surface area (Å²) in [6, 6.07) is 7.00. The number of nitrogens with two attached hydrogens (primary N) is 1. The molecule has 4 heterocycles. The van der Waals surface area contributed by atoms with E-state index in [4.69, 9.17) is 15.6 Å². The van der Waals surface area contributed by atoms with Crippen molar-refractivity contribution in [3.63, 3.8) is 0 Å². The summed E-state index contributed by atoms with van der Waals surface area (Å²) in [5.41, 5.74) is 10.8. The third kappa shape index (κ3) is 4.79. The number of methoxy groups -OCH3 is 1. The second kappa shape index (κ2) is 10.6. The van der Waals surface area contributed by atoms with Gasteiger partial charge in [-0.05, 0) is 44.9 Å². The van der Waals surface area contributed by atoms with E-state index in [9.17, 15) is 0 Å². The van der Waals surface area contributed by atoms with Crippen LogP contribution in [-0.2, 0) is 6.54 Å². The van der Waals surface area contributed by atoms with Gasteiger partial charge in [0.1, 0.15) is 23.6 Å². The summed E-state index contributed by atoms with van der Waals surface area (Å²) in [4.78, 5) is 21.2. The highest BCUT2D eigenvalue weighted by molar-refractivity contribution is 5.98. The van der Waals surface area contributed by atoms with E-state index in [-0.39, 0.29) is 0 Å². The number of piperazine rings is 1. The Morgan fingerprint density at radius 2 is 1.87 bits per heavy atom. The topological polar surface area (TPSA) is 126 Å². The Kier molecular flexibility index (Phi) is 6.86. The zero-order chi connectivity index (χ0) is 26.1. The van der Waals surface area contributed by atoms with E-state index < -0.39 is 0 Å². The van der Waals surface area contributed by atoms with E-state index in [1.165, 1.54) is 25.9 Å². The number of fused-ring (bicyclic) bond motifs is 1. The van der Waals surface area contributed by atoms with Gasteiger partial charge in [0.25, 0.3) is 0 Å². The second-order valence-electron chi connectivity index (χ2n) is 10.4. The van der Waals surface area contributed by atoms with Crippen molar-refractivity contribution in [1.82, 2.24) is 39.5 Å². The molecule has 6 rings (SSSR count). The summed E-state index contributed by atoms with van der Waals surface area (Å²) in [6.45, 7) is 5.26. The Bertz CT molecular complexity index is 1370. The lowest BCUT2D eigenvalue weighted by Crippen LogP contribution is -2.49. The van der Waals surface area contributed by atoms with Gasteiger partial charge in [0.2, 0.25) is 0 Å². The van der Waals surface area contributed by atoms with Gasteiger partial charge in [-0.25, -0.2) is 19.6 Å². The van der Waals surface area contributed by atoms with E-state index in [1.54, 1.807) is 26.0 Å². The molecule has 1 aliphatic carbocycles. The summed E-state index contributed by atoms with van der Waals surface area (Å²) in [5.74, 6) is 1.18. The SMILES string of the molecule is COc1cc(-c2nn(C3CCC(N4CCN(C)CC4)CC3)c3ncnc(N)c23)ccc1NCc1cnc[nH]1. The van der Waals surface area contributed by atoms with E-state index >= 15 is 0 Å². The molecule has 38 heavy (non-hydrogen) atoms. The van der Waals surface area contributed by atoms with Gasteiger partial charge in [0.15, 0.2) is 5.65 Å². The number of likely N-dealkylation sites (N-methyl/N-ethyl adjacent to an activating group) is 1. The zero-order valence-electron chi connectivity index (χ0n) is 22.1. The summed E-state index contributed by atoms with van der Waals surface area (Å²) in [6.07, 6.45) is 9.52. The van der Waals surface area contributed by atoms with Crippen LogP contribution in [0.2, 0.25) is 0 Å². The lowest BCUT2D eigenvalue weighted by atomic mass is 9.90. The number of nitrogen functional groups attached to an aromatic ring is 1. The number of anilines is 2. The molecule has 0 radical (unpaired) electrons. The molecule has 1 aliphatic heterocycles. The standard InChI is InChI=1S/C27H36N10O/c1-35-9-11-36(12-10-35)20-4-6-21(7-5-20)37-27-24(26(28)32-17-33-27)25(34-37)18-3-8-22(23(13-18)38-2)30-15-19-14-29-16-31-19/h3,8,13-14,16-17,20-21,30H,4-7,9-12,15H2,1-2H3,(H,29,31)(H2,28,32,33). The van der Waals surface area contributed by atoms with Crippen LogP contribution in [0.1, 0.15) is 37.4 Å². The van der Waals surface area contributed by atoms with Crippen molar-refractivity contribution in [1.29, 1.82) is 0 Å². The molecular formula is C27H36N10O. The van der Waals surface area contributed by atoms with Crippen LogP contribution >= 0.6 is 0 Å². The highest BCUT2D eigenvalue weighted by atomic mass is 16.5. The van der Waals surface area contributed by atoms with Crippen LogP contribution in [0, 0.1) is 0 Å². The predicted octanol–water partition coefficient (Wildman–Crippen LogP) is 3.15. The Morgan fingerprint density at radius 3 is 2.61 bits per heavy atom. The van der Waals surface area contributed by atoms with Crippen LogP contribution in [0.4, 0.5) is 11.5 Å². The summed E-state index contributed by atoms with van der Waals surface area (Å²) < 4.78 is 7.82. The van der Waals surface area contributed by atoms with Gasteiger partial charge in [0, 0.05) is 44.0 Å². The average Bonchev–Trinajstić information content (AvgIpc) is 3.61. The minimum Gasteiger partial charge on any atom is -0.495 e. The van der Waals surface area contributed by atoms with Gasteiger partial charge in [-0.1, -0.05) is 6.07 Å². The Balaban J connectivity index is 1.26. The van der Waals surface area contributed by atoms with E-state index in [1.807, 2.05) is 18.2 Å². The molecule has 11 nitrogen and oxygen atoms in total. The Labute approximate surface area is 222 Å². The van der Waals surface area contributed by atoms with Crippen molar-refractivity contribution in [3.8, 4) is 17.0 Å². The lowest BCUT2D eigenvalue weighted by Gasteiger charge is -2.41.